The summed E-state index contributed by atoms with van der Waals surface area (Å²) < 4.78 is 2.00. The second kappa shape index (κ2) is 3.03. The Morgan fingerprint density at radius 1 is 1.57 bits per heavy atom. The Morgan fingerprint density at radius 3 is 3.36 bits per heavy atom. The highest BCUT2D eigenvalue weighted by Gasteiger charge is 2.18. The summed E-state index contributed by atoms with van der Waals surface area (Å²) >= 11 is 1.70. The molecule has 0 spiro atoms. The minimum absolute atomic E-state index is 0.906. The summed E-state index contributed by atoms with van der Waals surface area (Å²) in [4.78, 5) is 5.65. The fourth-order valence-electron chi connectivity index (χ4n) is 1.81. The zero-order valence-corrected chi connectivity index (χ0v) is 8.89. The Balaban J connectivity index is 2.21. The van der Waals surface area contributed by atoms with Crippen LogP contribution < -0.4 is 5.32 Å². The predicted octanol–water partition coefficient (Wildman–Crippen LogP) is 0.999. The summed E-state index contributed by atoms with van der Waals surface area (Å²) in [5.41, 5.74) is 2.48. The van der Waals surface area contributed by atoms with Gasteiger partial charge in [-0.3, -0.25) is 0 Å². The number of hydrogen-bond acceptors (Lipinski definition) is 4. The minimum Gasteiger partial charge on any atom is -0.311 e. The molecule has 3 rings (SSSR count). The van der Waals surface area contributed by atoms with Crippen molar-refractivity contribution in [3.8, 4) is 0 Å². The van der Waals surface area contributed by atoms with Crippen molar-refractivity contribution in [3.05, 3.63) is 16.4 Å². The first-order chi connectivity index (χ1) is 6.88. The van der Waals surface area contributed by atoms with Gasteiger partial charge >= 0.3 is 0 Å². The molecule has 0 amide bonds. The third-order valence-corrected chi connectivity index (χ3v) is 3.61. The Morgan fingerprint density at radius 2 is 2.50 bits per heavy atom. The molecule has 0 fully saturated rings. The molecule has 0 saturated carbocycles. The van der Waals surface area contributed by atoms with E-state index in [2.05, 4.69) is 22.3 Å². The van der Waals surface area contributed by atoms with Crippen LogP contribution in [0.1, 0.15) is 23.3 Å². The van der Waals surface area contributed by atoms with Gasteiger partial charge in [-0.1, -0.05) is 18.3 Å². The summed E-state index contributed by atoms with van der Waals surface area (Å²) in [6.45, 7) is 4.07. The molecule has 0 unspecified atom stereocenters. The van der Waals surface area contributed by atoms with Crippen LogP contribution >= 0.6 is 11.3 Å². The van der Waals surface area contributed by atoms with Crippen molar-refractivity contribution in [2.75, 3.05) is 6.54 Å². The number of aromatic nitrogens is 3. The van der Waals surface area contributed by atoms with Gasteiger partial charge in [0, 0.05) is 19.5 Å². The molecule has 0 aliphatic carbocycles. The maximum absolute atomic E-state index is 4.60. The molecule has 5 heteroatoms. The average molecular weight is 208 g/mol. The average Bonchev–Trinajstić information content (AvgIpc) is 2.73. The van der Waals surface area contributed by atoms with Crippen molar-refractivity contribution in [2.45, 2.75) is 26.3 Å². The lowest BCUT2D eigenvalue weighted by molar-refractivity contribution is 0.610. The Hall–Kier alpha value is -0.940. The van der Waals surface area contributed by atoms with Crippen LogP contribution in [0.15, 0.2) is 0 Å². The van der Waals surface area contributed by atoms with E-state index in [1.165, 1.54) is 16.4 Å². The van der Waals surface area contributed by atoms with Crippen molar-refractivity contribution in [1.29, 1.82) is 0 Å². The summed E-state index contributed by atoms with van der Waals surface area (Å²) in [5.74, 6) is 0. The van der Waals surface area contributed by atoms with Gasteiger partial charge in [-0.05, 0) is 6.42 Å². The molecule has 1 aliphatic heterocycles. The van der Waals surface area contributed by atoms with Gasteiger partial charge in [0.1, 0.15) is 5.01 Å². The second-order valence-electron chi connectivity index (χ2n) is 3.48. The van der Waals surface area contributed by atoms with Crippen molar-refractivity contribution >= 4 is 16.3 Å². The fraction of sp³-hybridized carbons (Fsp3) is 0.556. The molecule has 0 saturated heterocycles. The molecule has 1 aliphatic rings. The maximum Gasteiger partial charge on any atom is 0.212 e. The highest BCUT2D eigenvalue weighted by Crippen LogP contribution is 2.20. The van der Waals surface area contributed by atoms with E-state index in [1.54, 1.807) is 11.3 Å². The predicted molar refractivity (Wildman–Crippen MR) is 55.7 cm³/mol. The van der Waals surface area contributed by atoms with Gasteiger partial charge in [-0.25, -0.2) is 9.50 Å². The highest BCUT2D eigenvalue weighted by atomic mass is 32.1. The van der Waals surface area contributed by atoms with Gasteiger partial charge in [0.15, 0.2) is 0 Å². The van der Waals surface area contributed by atoms with Gasteiger partial charge in [-0.2, -0.15) is 5.10 Å². The van der Waals surface area contributed by atoms with E-state index in [1.807, 2.05) is 4.52 Å². The first-order valence-electron chi connectivity index (χ1n) is 4.95. The lowest BCUT2D eigenvalue weighted by Crippen LogP contribution is -2.24. The third kappa shape index (κ3) is 1.09. The number of hydrogen-bond donors (Lipinski definition) is 1. The highest BCUT2D eigenvalue weighted by molar-refractivity contribution is 7.16. The number of aryl methyl sites for hydroxylation is 1. The minimum atomic E-state index is 0.906. The van der Waals surface area contributed by atoms with E-state index >= 15 is 0 Å². The molecule has 4 nitrogen and oxygen atoms in total. The van der Waals surface area contributed by atoms with Crippen LogP contribution in [0, 0.1) is 0 Å². The molecule has 74 valence electrons. The Kier molecular flexibility index (Phi) is 1.81. The first kappa shape index (κ1) is 8.38. The molecule has 1 N–H and O–H groups in total. The molecule has 0 radical (unpaired) electrons. The Bertz CT molecular complexity index is 470. The second-order valence-corrected chi connectivity index (χ2v) is 4.52. The number of fused-ring (bicyclic) bond motifs is 3. The van der Waals surface area contributed by atoms with Crippen LogP contribution in [0.25, 0.3) is 4.96 Å². The largest absolute Gasteiger partial charge is 0.311 e. The van der Waals surface area contributed by atoms with Crippen molar-refractivity contribution in [1.82, 2.24) is 19.9 Å². The zero-order chi connectivity index (χ0) is 9.54. The van der Waals surface area contributed by atoms with Crippen LogP contribution in [0.3, 0.4) is 0 Å². The quantitative estimate of drug-likeness (QED) is 0.760. The maximum atomic E-state index is 4.60. The standard InChI is InChI=1S/C9H12N4S/c1-2-8-12-13-7-5-10-4-3-6(7)11-9(13)14-8/h10H,2-5H2,1H3. The van der Waals surface area contributed by atoms with Crippen molar-refractivity contribution in [2.24, 2.45) is 0 Å². The smallest absolute Gasteiger partial charge is 0.212 e. The van der Waals surface area contributed by atoms with Gasteiger partial charge in [0.2, 0.25) is 4.96 Å². The lowest BCUT2D eigenvalue weighted by atomic mass is 10.2. The molecule has 0 aromatic carbocycles. The van der Waals surface area contributed by atoms with Gasteiger partial charge in [0.05, 0.1) is 11.4 Å². The van der Waals surface area contributed by atoms with E-state index in [4.69, 9.17) is 0 Å². The van der Waals surface area contributed by atoms with Gasteiger partial charge < -0.3 is 5.32 Å². The van der Waals surface area contributed by atoms with Crippen molar-refractivity contribution < 1.29 is 0 Å². The first-order valence-corrected chi connectivity index (χ1v) is 5.77. The molecule has 0 atom stereocenters. The van der Waals surface area contributed by atoms with Gasteiger partial charge in [-0.15, -0.1) is 0 Å². The van der Waals surface area contributed by atoms with Crippen LogP contribution in [-0.4, -0.2) is 21.1 Å². The summed E-state index contributed by atoms with van der Waals surface area (Å²) in [7, 11) is 0. The number of imidazole rings is 1. The summed E-state index contributed by atoms with van der Waals surface area (Å²) in [5, 5.41) is 9.05. The summed E-state index contributed by atoms with van der Waals surface area (Å²) in [6, 6.07) is 0. The van der Waals surface area contributed by atoms with E-state index in [0.717, 1.165) is 30.9 Å². The fourth-order valence-corrected chi connectivity index (χ4v) is 2.68. The molecule has 14 heavy (non-hydrogen) atoms. The molecule has 0 bridgehead atoms. The molecule has 2 aromatic rings. The molecule has 3 heterocycles. The van der Waals surface area contributed by atoms with Crippen LogP contribution in [0.4, 0.5) is 0 Å². The number of nitrogens with one attached hydrogen (secondary N) is 1. The van der Waals surface area contributed by atoms with E-state index < -0.39 is 0 Å². The van der Waals surface area contributed by atoms with Crippen LogP contribution in [0.5, 0.6) is 0 Å². The third-order valence-electron chi connectivity index (χ3n) is 2.55. The number of nitrogens with zero attached hydrogens (tertiary/aromatic N) is 3. The van der Waals surface area contributed by atoms with Gasteiger partial charge in [0.25, 0.3) is 0 Å². The molecule has 2 aromatic heterocycles. The van der Waals surface area contributed by atoms with E-state index in [-0.39, 0.29) is 0 Å². The lowest BCUT2D eigenvalue weighted by Gasteiger charge is -2.10. The Labute approximate surface area is 86.0 Å². The van der Waals surface area contributed by atoms with E-state index in [9.17, 15) is 0 Å². The monoisotopic (exact) mass is 208 g/mol. The van der Waals surface area contributed by atoms with Crippen LogP contribution in [0.2, 0.25) is 0 Å². The van der Waals surface area contributed by atoms with Crippen LogP contribution in [-0.2, 0) is 19.4 Å². The molecular formula is C9H12N4S. The van der Waals surface area contributed by atoms with E-state index in [0.29, 0.717) is 0 Å². The molecular weight excluding hydrogens is 196 g/mol. The van der Waals surface area contributed by atoms with Crippen molar-refractivity contribution in [3.63, 3.8) is 0 Å². The SMILES string of the molecule is CCc1nn2c3c(nc2s1)CCNC3. The zero-order valence-electron chi connectivity index (χ0n) is 8.08. The number of rotatable bonds is 1. The summed E-state index contributed by atoms with van der Waals surface area (Å²) in [6.07, 6.45) is 2.03. The topological polar surface area (TPSA) is 42.2 Å². The normalized spacial score (nSPS) is 16.1.